The fourth-order valence-corrected chi connectivity index (χ4v) is 3.80. The maximum atomic E-state index is 9.97. The Balaban J connectivity index is 1.83. The van der Waals surface area contributed by atoms with Gasteiger partial charge in [-0.2, -0.15) is 5.10 Å². The number of nitrogens with zero attached hydrogens (tertiary/aromatic N) is 6. The first-order chi connectivity index (χ1) is 12.7. The standard InChI is InChI=1S/C19H24N6O/c1-3-19(13-26)7-4-10-25(12-19)18-15-11-21-24(2)17(15)22-16(23-18)14-5-8-20-9-6-14/h5-6,8-9,11,26H,3-4,7,10,12-13H2,1-2H3/t19-/m0/s1. The van der Waals surface area contributed by atoms with Gasteiger partial charge in [0.25, 0.3) is 0 Å². The Morgan fingerprint density at radius 1 is 1.23 bits per heavy atom. The van der Waals surface area contributed by atoms with Crippen LogP contribution in [-0.4, -0.2) is 49.5 Å². The van der Waals surface area contributed by atoms with Crippen molar-refractivity contribution in [2.75, 3.05) is 24.6 Å². The monoisotopic (exact) mass is 352 g/mol. The Morgan fingerprint density at radius 3 is 2.77 bits per heavy atom. The molecule has 1 saturated heterocycles. The SMILES string of the molecule is CC[C@]1(CO)CCCN(c2nc(-c3ccncc3)nc3c2cnn3C)C1. The molecule has 4 heterocycles. The summed E-state index contributed by atoms with van der Waals surface area (Å²) in [5.74, 6) is 1.58. The molecule has 7 heteroatoms. The van der Waals surface area contributed by atoms with E-state index in [9.17, 15) is 5.11 Å². The van der Waals surface area contributed by atoms with Crippen molar-refractivity contribution in [3.8, 4) is 11.4 Å². The molecule has 0 bridgehead atoms. The average Bonchev–Trinajstić information content (AvgIpc) is 3.09. The fourth-order valence-electron chi connectivity index (χ4n) is 3.80. The van der Waals surface area contributed by atoms with Crippen LogP contribution in [0.2, 0.25) is 0 Å². The summed E-state index contributed by atoms with van der Waals surface area (Å²) in [6.07, 6.45) is 8.39. The van der Waals surface area contributed by atoms with Crippen molar-refractivity contribution in [1.29, 1.82) is 0 Å². The Morgan fingerprint density at radius 2 is 2.04 bits per heavy atom. The normalized spacial score (nSPS) is 20.7. The third-order valence-electron chi connectivity index (χ3n) is 5.56. The van der Waals surface area contributed by atoms with Crippen molar-refractivity contribution < 1.29 is 5.11 Å². The molecule has 0 radical (unpaired) electrons. The molecule has 26 heavy (non-hydrogen) atoms. The number of hydrogen-bond donors (Lipinski definition) is 1. The van der Waals surface area contributed by atoms with Crippen LogP contribution in [0.3, 0.4) is 0 Å². The molecule has 1 aliphatic heterocycles. The molecule has 0 spiro atoms. The molecular formula is C19H24N6O. The van der Waals surface area contributed by atoms with Gasteiger partial charge in [-0.1, -0.05) is 6.92 Å². The molecule has 0 aliphatic carbocycles. The van der Waals surface area contributed by atoms with Crippen LogP contribution in [0.25, 0.3) is 22.4 Å². The zero-order valence-corrected chi connectivity index (χ0v) is 15.3. The molecule has 1 fully saturated rings. The predicted octanol–water partition coefficient (Wildman–Crippen LogP) is 2.41. The number of piperidine rings is 1. The first-order valence-electron chi connectivity index (χ1n) is 9.12. The smallest absolute Gasteiger partial charge is 0.164 e. The molecular weight excluding hydrogens is 328 g/mol. The Kier molecular flexibility index (Phi) is 4.32. The second-order valence-corrected chi connectivity index (χ2v) is 7.15. The molecule has 0 unspecified atom stereocenters. The predicted molar refractivity (Wildman–Crippen MR) is 101 cm³/mol. The molecule has 1 atom stereocenters. The Labute approximate surface area is 152 Å². The molecule has 7 nitrogen and oxygen atoms in total. The van der Waals surface area contributed by atoms with Gasteiger partial charge in [0, 0.05) is 43.5 Å². The molecule has 0 aromatic carbocycles. The van der Waals surface area contributed by atoms with Gasteiger partial charge in [-0.3, -0.25) is 9.67 Å². The number of aliphatic hydroxyl groups is 1. The summed E-state index contributed by atoms with van der Waals surface area (Å²) in [6, 6.07) is 3.84. The van der Waals surface area contributed by atoms with Gasteiger partial charge >= 0.3 is 0 Å². The van der Waals surface area contributed by atoms with E-state index in [4.69, 9.17) is 9.97 Å². The van der Waals surface area contributed by atoms with E-state index >= 15 is 0 Å². The first-order valence-corrected chi connectivity index (χ1v) is 9.12. The summed E-state index contributed by atoms with van der Waals surface area (Å²) in [6.45, 7) is 4.09. The maximum Gasteiger partial charge on any atom is 0.164 e. The second-order valence-electron chi connectivity index (χ2n) is 7.15. The highest BCUT2D eigenvalue weighted by Crippen LogP contribution is 2.37. The largest absolute Gasteiger partial charge is 0.396 e. The molecule has 4 rings (SSSR count). The summed E-state index contributed by atoms with van der Waals surface area (Å²) in [4.78, 5) is 16.0. The van der Waals surface area contributed by atoms with Crippen LogP contribution >= 0.6 is 0 Å². The summed E-state index contributed by atoms with van der Waals surface area (Å²) < 4.78 is 1.79. The van der Waals surface area contributed by atoms with Gasteiger partial charge in [-0.05, 0) is 31.4 Å². The van der Waals surface area contributed by atoms with Crippen molar-refractivity contribution in [3.63, 3.8) is 0 Å². The van der Waals surface area contributed by atoms with E-state index in [0.29, 0.717) is 5.82 Å². The van der Waals surface area contributed by atoms with Crippen LogP contribution in [0.1, 0.15) is 26.2 Å². The molecule has 1 aliphatic rings. The zero-order chi connectivity index (χ0) is 18.1. The lowest BCUT2D eigenvalue weighted by Gasteiger charge is -2.42. The van der Waals surface area contributed by atoms with Gasteiger partial charge in [-0.25, -0.2) is 9.97 Å². The van der Waals surface area contributed by atoms with Gasteiger partial charge in [0.1, 0.15) is 5.82 Å². The van der Waals surface area contributed by atoms with E-state index in [1.54, 1.807) is 17.1 Å². The van der Waals surface area contributed by atoms with E-state index in [1.165, 1.54) is 0 Å². The lowest BCUT2D eigenvalue weighted by molar-refractivity contribution is 0.101. The summed E-state index contributed by atoms with van der Waals surface area (Å²) in [7, 11) is 1.90. The van der Waals surface area contributed by atoms with Crippen molar-refractivity contribution in [2.24, 2.45) is 12.5 Å². The van der Waals surface area contributed by atoms with E-state index in [1.807, 2.05) is 25.4 Å². The minimum Gasteiger partial charge on any atom is -0.396 e. The highest BCUT2D eigenvalue weighted by atomic mass is 16.3. The van der Waals surface area contributed by atoms with Gasteiger partial charge in [-0.15, -0.1) is 0 Å². The van der Waals surface area contributed by atoms with Gasteiger partial charge < -0.3 is 10.0 Å². The Bertz CT molecular complexity index is 903. The van der Waals surface area contributed by atoms with Crippen LogP contribution in [-0.2, 0) is 7.05 Å². The van der Waals surface area contributed by atoms with Crippen LogP contribution in [0.4, 0.5) is 5.82 Å². The lowest BCUT2D eigenvalue weighted by Crippen LogP contribution is -2.45. The van der Waals surface area contributed by atoms with Gasteiger partial charge in [0.2, 0.25) is 0 Å². The summed E-state index contributed by atoms with van der Waals surface area (Å²) >= 11 is 0. The van der Waals surface area contributed by atoms with Crippen molar-refractivity contribution in [2.45, 2.75) is 26.2 Å². The van der Waals surface area contributed by atoms with Gasteiger partial charge in [0.05, 0.1) is 18.2 Å². The van der Waals surface area contributed by atoms with Gasteiger partial charge in [0.15, 0.2) is 11.5 Å². The van der Waals surface area contributed by atoms with E-state index in [2.05, 4.69) is 21.9 Å². The number of aromatic nitrogens is 5. The van der Waals surface area contributed by atoms with Crippen LogP contribution in [0.15, 0.2) is 30.7 Å². The maximum absolute atomic E-state index is 9.97. The van der Waals surface area contributed by atoms with Crippen molar-refractivity contribution in [1.82, 2.24) is 24.7 Å². The topological polar surface area (TPSA) is 80.0 Å². The minimum absolute atomic E-state index is 0.0609. The molecule has 136 valence electrons. The van der Waals surface area contributed by atoms with E-state index in [-0.39, 0.29) is 12.0 Å². The number of aliphatic hydroxyl groups excluding tert-OH is 1. The summed E-state index contributed by atoms with van der Waals surface area (Å²) in [5.41, 5.74) is 1.69. The van der Waals surface area contributed by atoms with Crippen molar-refractivity contribution in [3.05, 3.63) is 30.7 Å². The highest BCUT2D eigenvalue weighted by Gasteiger charge is 2.34. The van der Waals surface area contributed by atoms with Crippen LogP contribution < -0.4 is 4.90 Å². The highest BCUT2D eigenvalue weighted by molar-refractivity contribution is 5.88. The van der Waals surface area contributed by atoms with Crippen molar-refractivity contribution >= 4 is 16.9 Å². The third kappa shape index (κ3) is 2.82. The Hall–Kier alpha value is -2.54. The average molecular weight is 352 g/mol. The van der Waals surface area contributed by atoms with Crippen LogP contribution in [0, 0.1) is 5.41 Å². The quantitative estimate of drug-likeness (QED) is 0.777. The number of fused-ring (bicyclic) bond motifs is 1. The molecule has 3 aromatic heterocycles. The summed E-state index contributed by atoms with van der Waals surface area (Å²) in [5, 5.41) is 15.3. The minimum atomic E-state index is -0.0609. The first kappa shape index (κ1) is 16.9. The number of anilines is 1. The number of hydrogen-bond acceptors (Lipinski definition) is 6. The lowest BCUT2D eigenvalue weighted by atomic mass is 9.78. The molecule has 0 saturated carbocycles. The molecule has 1 N–H and O–H groups in total. The molecule has 0 amide bonds. The second kappa shape index (κ2) is 6.64. The third-order valence-corrected chi connectivity index (χ3v) is 5.56. The van der Waals surface area contributed by atoms with Crippen LogP contribution in [0.5, 0.6) is 0 Å². The van der Waals surface area contributed by atoms with E-state index in [0.717, 1.165) is 54.8 Å². The number of rotatable bonds is 4. The number of pyridine rings is 1. The fraction of sp³-hybridized carbons (Fsp3) is 0.474. The zero-order valence-electron chi connectivity index (χ0n) is 15.3. The van der Waals surface area contributed by atoms with E-state index < -0.39 is 0 Å². The molecule has 3 aromatic rings. The number of aryl methyl sites for hydroxylation is 1.